The third-order valence-electron chi connectivity index (χ3n) is 2.72. The van der Waals surface area contributed by atoms with Crippen LogP contribution in [0.2, 0.25) is 0 Å². The van der Waals surface area contributed by atoms with Gasteiger partial charge >= 0.3 is 5.97 Å². The van der Waals surface area contributed by atoms with Crippen molar-refractivity contribution in [2.24, 2.45) is 5.73 Å². The zero-order valence-electron chi connectivity index (χ0n) is 9.50. The number of ether oxygens (including phenoxy) is 1. The molecule has 0 saturated carbocycles. The number of halogens is 1. The second-order valence-corrected chi connectivity index (χ2v) is 4.69. The maximum absolute atomic E-state index is 11.3. The summed E-state index contributed by atoms with van der Waals surface area (Å²) in [7, 11) is 1.37. The maximum atomic E-state index is 11.3. The fraction of sp³-hybridized carbons (Fsp3) is 0.417. The number of hydrogen-bond acceptors (Lipinski definition) is 3. The van der Waals surface area contributed by atoms with Crippen LogP contribution in [-0.4, -0.2) is 13.1 Å². The van der Waals surface area contributed by atoms with Gasteiger partial charge in [-0.25, -0.2) is 0 Å². The van der Waals surface area contributed by atoms with Crippen LogP contribution in [0.25, 0.3) is 0 Å². The normalized spacial score (nSPS) is 14.2. The maximum Gasteiger partial charge on any atom is 0.307 e. The van der Waals surface area contributed by atoms with Crippen LogP contribution in [-0.2, 0) is 15.1 Å². The van der Waals surface area contributed by atoms with Crippen molar-refractivity contribution in [3.63, 3.8) is 0 Å². The highest BCUT2D eigenvalue weighted by molar-refractivity contribution is 9.10. The van der Waals surface area contributed by atoms with E-state index < -0.39 is 5.54 Å². The summed E-state index contributed by atoms with van der Waals surface area (Å²) in [6, 6.07) is 7.70. The van der Waals surface area contributed by atoms with Gasteiger partial charge in [0.05, 0.1) is 19.1 Å². The van der Waals surface area contributed by atoms with E-state index in [0.717, 1.165) is 10.0 Å². The predicted molar refractivity (Wildman–Crippen MR) is 66.9 cm³/mol. The van der Waals surface area contributed by atoms with Crippen molar-refractivity contribution in [2.75, 3.05) is 7.11 Å². The molecule has 0 heterocycles. The first-order valence-corrected chi connectivity index (χ1v) is 5.93. The first kappa shape index (κ1) is 13.2. The first-order valence-electron chi connectivity index (χ1n) is 5.13. The van der Waals surface area contributed by atoms with Crippen molar-refractivity contribution in [2.45, 2.75) is 25.3 Å². The van der Waals surface area contributed by atoms with Crippen LogP contribution in [0.3, 0.4) is 0 Å². The molecule has 3 nitrogen and oxygen atoms in total. The van der Waals surface area contributed by atoms with Crippen molar-refractivity contribution in [3.05, 3.63) is 34.3 Å². The molecule has 0 aliphatic carbocycles. The Labute approximate surface area is 104 Å². The van der Waals surface area contributed by atoms with Gasteiger partial charge in [-0.05, 0) is 24.1 Å². The molecule has 2 N–H and O–H groups in total. The lowest BCUT2D eigenvalue weighted by molar-refractivity contribution is -0.142. The summed E-state index contributed by atoms with van der Waals surface area (Å²) >= 11 is 3.40. The van der Waals surface area contributed by atoms with Gasteiger partial charge in [0.2, 0.25) is 0 Å². The third kappa shape index (κ3) is 3.06. The molecule has 0 spiro atoms. The minimum absolute atomic E-state index is 0.191. The van der Waals surface area contributed by atoms with Crippen LogP contribution < -0.4 is 5.73 Å². The number of methoxy groups -OCH3 is 1. The molecule has 1 aromatic carbocycles. The summed E-state index contributed by atoms with van der Waals surface area (Å²) in [4.78, 5) is 11.3. The summed E-state index contributed by atoms with van der Waals surface area (Å²) in [5, 5.41) is 0. The molecule has 0 bridgehead atoms. The van der Waals surface area contributed by atoms with Gasteiger partial charge in [-0.2, -0.15) is 0 Å². The second kappa shape index (κ2) is 5.46. The molecule has 0 amide bonds. The lowest BCUT2D eigenvalue weighted by atomic mass is 9.85. The first-order chi connectivity index (χ1) is 7.51. The Hall–Kier alpha value is -0.870. The Balaban J connectivity index is 2.99. The largest absolute Gasteiger partial charge is 0.469 e. The van der Waals surface area contributed by atoms with Crippen molar-refractivity contribution < 1.29 is 9.53 Å². The molecule has 0 aromatic heterocycles. The smallest absolute Gasteiger partial charge is 0.307 e. The molecule has 0 aliphatic heterocycles. The average Bonchev–Trinajstić information content (AvgIpc) is 2.28. The average molecular weight is 286 g/mol. The van der Waals surface area contributed by atoms with Gasteiger partial charge in [0, 0.05) is 4.47 Å². The Kier molecular flexibility index (Phi) is 4.50. The monoisotopic (exact) mass is 285 g/mol. The van der Waals surface area contributed by atoms with E-state index in [4.69, 9.17) is 5.73 Å². The molecule has 1 unspecified atom stereocenters. The van der Waals surface area contributed by atoms with Gasteiger partial charge in [-0.15, -0.1) is 0 Å². The van der Waals surface area contributed by atoms with E-state index in [1.165, 1.54) is 7.11 Å². The molecule has 0 radical (unpaired) electrons. The van der Waals surface area contributed by atoms with E-state index in [0.29, 0.717) is 6.42 Å². The summed E-state index contributed by atoms with van der Waals surface area (Å²) < 4.78 is 5.63. The lowest BCUT2D eigenvalue weighted by Gasteiger charge is -2.27. The third-order valence-corrected chi connectivity index (χ3v) is 3.21. The minimum Gasteiger partial charge on any atom is -0.469 e. The van der Waals surface area contributed by atoms with E-state index in [1.54, 1.807) is 0 Å². The van der Waals surface area contributed by atoms with Gasteiger partial charge in [-0.3, -0.25) is 4.79 Å². The summed E-state index contributed by atoms with van der Waals surface area (Å²) in [6.45, 7) is 1.96. The molecule has 4 heteroatoms. The molecular formula is C12H16BrNO2. The number of carbonyl (C=O) groups is 1. The zero-order chi connectivity index (χ0) is 12.2. The number of benzene rings is 1. The van der Waals surface area contributed by atoms with Crippen LogP contribution >= 0.6 is 15.9 Å². The van der Waals surface area contributed by atoms with Gasteiger partial charge < -0.3 is 10.5 Å². The van der Waals surface area contributed by atoms with E-state index in [-0.39, 0.29) is 12.4 Å². The number of rotatable bonds is 4. The number of hydrogen-bond donors (Lipinski definition) is 1. The Bertz CT molecular complexity index is 381. The highest BCUT2D eigenvalue weighted by Gasteiger charge is 2.29. The van der Waals surface area contributed by atoms with E-state index in [1.807, 2.05) is 31.2 Å². The molecule has 1 aromatic rings. The zero-order valence-corrected chi connectivity index (χ0v) is 11.1. The van der Waals surface area contributed by atoms with Crippen LogP contribution in [0.1, 0.15) is 25.3 Å². The Morgan fingerprint density at radius 1 is 1.56 bits per heavy atom. The fourth-order valence-corrected chi connectivity index (χ4v) is 1.96. The molecule has 16 heavy (non-hydrogen) atoms. The van der Waals surface area contributed by atoms with E-state index in [2.05, 4.69) is 20.7 Å². The lowest BCUT2D eigenvalue weighted by Crippen LogP contribution is -2.38. The Morgan fingerprint density at radius 3 is 2.75 bits per heavy atom. The number of carbonyl (C=O) groups excluding carboxylic acids is 1. The molecule has 88 valence electrons. The summed E-state index contributed by atoms with van der Waals surface area (Å²) in [5.41, 5.74) is 6.53. The van der Waals surface area contributed by atoms with E-state index in [9.17, 15) is 4.79 Å². The van der Waals surface area contributed by atoms with Gasteiger partial charge in [-0.1, -0.05) is 35.0 Å². The number of esters is 1. The predicted octanol–water partition coefficient (Wildman–Crippen LogP) is 2.58. The van der Waals surface area contributed by atoms with Crippen molar-refractivity contribution in [1.29, 1.82) is 0 Å². The van der Waals surface area contributed by atoms with Crippen molar-refractivity contribution in [1.82, 2.24) is 0 Å². The van der Waals surface area contributed by atoms with Gasteiger partial charge in [0.15, 0.2) is 0 Å². The highest BCUT2D eigenvalue weighted by Crippen LogP contribution is 2.28. The van der Waals surface area contributed by atoms with Crippen LogP contribution in [0.15, 0.2) is 28.7 Å². The summed E-state index contributed by atoms with van der Waals surface area (Å²) in [5.74, 6) is -0.288. The Morgan fingerprint density at radius 2 is 2.25 bits per heavy atom. The van der Waals surface area contributed by atoms with Crippen LogP contribution in [0.5, 0.6) is 0 Å². The van der Waals surface area contributed by atoms with Crippen molar-refractivity contribution >= 4 is 21.9 Å². The molecule has 0 fully saturated rings. The molecular weight excluding hydrogens is 270 g/mol. The molecule has 1 rings (SSSR count). The SMILES string of the molecule is CCC(N)(CC(=O)OC)c1cccc(Br)c1. The number of nitrogens with two attached hydrogens (primary N) is 1. The van der Waals surface area contributed by atoms with Crippen LogP contribution in [0, 0.1) is 0 Å². The van der Waals surface area contributed by atoms with Gasteiger partial charge in [0.1, 0.15) is 0 Å². The summed E-state index contributed by atoms with van der Waals surface area (Å²) in [6.07, 6.45) is 0.870. The second-order valence-electron chi connectivity index (χ2n) is 3.77. The molecule has 0 saturated heterocycles. The quantitative estimate of drug-likeness (QED) is 0.865. The fourth-order valence-electron chi connectivity index (χ4n) is 1.56. The minimum atomic E-state index is -0.656. The molecule has 0 aliphatic rings. The standard InChI is InChI=1S/C12H16BrNO2/c1-3-12(14,8-11(15)16-2)9-5-4-6-10(13)7-9/h4-7H,3,8,14H2,1-2H3. The van der Waals surface area contributed by atoms with Crippen LogP contribution in [0.4, 0.5) is 0 Å². The highest BCUT2D eigenvalue weighted by atomic mass is 79.9. The topological polar surface area (TPSA) is 52.3 Å². The van der Waals surface area contributed by atoms with E-state index >= 15 is 0 Å². The molecule has 1 atom stereocenters. The van der Waals surface area contributed by atoms with Gasteiger partial charge in [0.25, 0.3) is 0 Å². The van der Waals surface area contributed by atoms with Crippen molar-refractivity contribution in [3.8, 4) is 0 Å².